The number of allylic oxidation sites excluding steroid dienone is 1. The number of methoxy groups -OCH3 is 1. The van der Waals surface area contributed by atoms with Gasteiger partial charge in [0.1, 0.15) is 6.61 Å². The van der Waals surface area contributed by atoms with Gasteiger partial charge < -0.3 is 14.2 Å². The predicted molar refractivity (Wildman–Crippen MR) is 175 cm³/mol. The monoisotopic (exact) mass is 650 g/mol. The molecule has 1 atom stereocenters. The highest BCUT2D eigenvalue weighted by Crippen LogP contribution is 2.33. The first-order chi connectivity index (χ1) is 21.1. The number of aromatic nitrogens is 1. The minimum absolute atomic E-state index is 0.216. The first kappa shape index (κ1) is 31.6. The van der Waals surface area contributed by atoms with Crippen LogP contribution in [-0.2, 0) is 16.1 Å². The number of thiazole rings is 1. The van der Waals surface area contributed by atoms with Gasteiger partial charge in [-0.05, 0) is 66.8 Å². The summed E-state index contributed by atoms with van der Waals surface area (Å²) in [6.45, 7) is 8.22. The highest BCUT2D eigenvalue weighted by Gasteiger charge is 2.33. The Morgan fingerprint density at radius 1 is 1.07 bits per heavy atom. The maximum atomic E-state index is 14.0. The molecule has 0 radical (unpaired) electrons. The zero-order valence-corrected chi connectivity index (χ0v) is 27.3. The Kier molecular flexibility index (Phi) is 9.63. The van der Waals surface area contributed by atoms with Crippen molar-refractivity contribution < 1.29 is 19.0 Å². The maximum absolute atomic E-state index is 14.0. The third-order valence-corrected chi connectivity index (χ3v) is 8.89. The van der Waals surface area contributed by atoms with Crippen molar-refractivity contribution in [3.05, 3.63) is 124 Å². The minimum atomic E-state index is -0.668. The third kappa shape index (κ3) is 6.48. The van der Waals surface area contributed by atoms with Crippen LogP contribution in [0.4, 0.5) is 0 Å². The molecule has 1 aliphatic rings. The zero-order chi connectivity index (χ0) is 31.5. The van der Waals surface area contributed by atoms with Crippen molar-refractivity contribution in [2.45, 2.75) is 46.3 Å². The first-order valence-corrected chi connectivity index (χ1v) is 15.7. The van der Waals surface area contributed by atoms with Gasteiger partial charge in [-0.15, -0.1) is 0 Å². The lowest BCUT2D eigenvalue weighted by Crippen LogP contribution is -2.39. The summed E-state index contributed by atoms with van der Waals surface area (Å²) < 4.78 is 19.0. The smallest absolute Gasteiger partial charge is 0.338 e. The molecule has 0 saturated carbocycles. The van der Waals surface area contributed by atoms with Gasteiger partial charge in [-0.2, -0.15) is 0 Å². The molecular weight excluding hydrogens is 619 g/mol. The summed E-state index contributed by atoms with van der Waals surface area (Å²) in [7, 11) is 1.55. The van der Waals surface area contributed by atoms with Gasteiger partial charge in [0, 0.05) is 15.6 Å². The number of rotatable bonds is 9. The Morgan fingerprint density at radius 3 is 2.48 bits per heavy atom. The second kappa shape index (κ2) is 13.4. The van der Waals surface area contributed by atoms with Gasteiger partial charge >= 0.3 is 5.97 Å². The second-order valence-corrected chi connectivity index (χ2v) is 12.4. The summed E-state index contributed by atoms with van der Waals surface area (Å²) in [6.07, 6.45) is 1.79. The number of fused-ring (bicyclic) bond motifs is 1. The van der Waals surface area contributed by atoms with E-state index < -0.39 is 12.0 Å². The Morgan fingerprint density at radius 2 is 1.82 bits per heavy atom. The number of halogens is 2. The van der Waals surface area contributed by atoms with Crippen molar-refractivity contribution in [2.24, 2.45) is 4.99 Å². The predicted octanol–water partition coefficient (Wildman–Crippen LogP) is 6.82. The number of ether oxygens (including phenoxy) is 3. The van der Waals surface area contributed by atoms with Crippen LogP contribution in [0.1, 0.15) is 61.9 Å². The van der Waals surface area contributed by atoms with Gasteiger partial charge in [0.2, 0.25) is 0 Å². The molecule has 0 bridgehead atoms. The third-order valence-electron chi connectivity index (χ3n) is 7.32. The molecule has 4 aromatic rings. The van der Waals surface area contributed by atoms with Crippen molar-refractivity contribution in [1.29, 1.82) is 0 Å². The fourth-order valence-electron chi connectivity index (χ4n) is 5.01. The first-order valence-electron chi connectivity index (χ1n) is 14.2. The van der Waals surface area contributed by atoms with Crippen molar-refractivity contribution in [2.75, 3.05) is 13.7 Å². The highest BCUT2D eigenvalue weighted by molar-refractivity contribution is 7.07. The number of hydrogen-bond acceptors (Lipinski definition) is 7. The van der Waals surface area contributed by atoms with Crippen molar-refractivity contribution in [3.63, 3.8) is 0 Å². The number of esters is 1. The number of benzene rings is 3. The Bertz CT molecular complexity index is 1930. The van der Waals surface area contributed by atoms with Crippen LogP contribution in [0.3, 0.4) is 0 Å². The number of nitrogens with zero attached hydrogens (tertiary/aromatic N) is 2. The van der Waals surface area contributed by atoms with Gasteiger partial charge in [0.05, 0.1) is 35.6 Å². The largest absolute Gasteiger partial charge is 0.493 e. The van der Waals surface area contributed by atoms with Crippen LogP contribution in [0.2, 0.25) is 10.0 Å². The van der Waals surface area contributed by atoms with Crippen LogP contribution >= 0.6 is 34.5 Å². The van der Waals surface area contributed by atoms with Crippen LogP contribution in [0.5, 0.6) is 11.5 Å². The quantitative estimate of drug-likeness (QED) is 0.186. The summed E-state index contributed by atoms with van der Waals surface area (Å²) in [5.41, 5.74) is 4.13. The molecule has 7 nitrogen and oxygen atoms in total. The molecule has 1 aliphatic heterocycles. The molecule has 0 N–H and O–H groups in total. The van der Waals surface area contributed by atoms with E-state index in [0.717, 1.165) is 22.3 Å². The van der Waals surface area contributed by atoms with E-state index in [1.54, 1.807) is 55.9 Å². The average molecular weight is 652 g/mol. The molecule has 0 aliphatic carbocycles. The molecule has 228 valence electrons. The normalized spacial score (nSPS) is 14.8. The standard InChI is InChI=1S/C34H32Cl2N2O5S/c1-6-42-33(40)30-20(4)37-34-38(31(30)23-10-8-22(9-11-23)19(2)3)32(39)29(44-34)16-21-7-14-27(28(15-21)41-5)43-18-24-12-13-25(35)17-26(24)36/h7-17,19,31H,6,18H2,1-5H3/b29-16-/t31-/m1/s1. The lowest BCUT2D eigenvalue weighted by atomic mass is 9.93. The summed E-state index contributed by atoms with van der Waals surface area (Å²) in [5, 5.41) is 1.06. The van der Waals surface area contributed by atoms with Gasteiger partial charge in [-0.3, -0.25) is 9.36 Å². The maximum Gasteiger partial charge on any atom is 0.338 e. The van der Waals surface area contributed by atoms with Crippen molar-refractivity contribution in [3.8, 4) is 11.5 Å². The van der Waals surface area contributed by atoms with Gasteiger partial charge in [-0.25, -0.2) is 9.79 Å². The van der Waals surface area contributed by atoms with Crippen LogP contribution in [0, 0.1) is 0 Å². The Balaban J connectivity index is 1.53. The second-order valence-electron chi connectivity index (χ2n) is 10.6. The lowest BCUT2D eigenvalue weighted by Gasteiger charge is -2.25. The molecular formula is C34H32Cl2N2O5S. The summed E-state index contributed by atoms with van der Waals surface area (Å²) in [4.78, 5) is 32.3. The van der Waals surface area contributed by atoms with E-state index in [-0.39, 0.29) is 18.8 Å². The summed E-state index contributed by atoms with van der Waals surface area (Å²) >= 11 is 13.6. The molecule has 5 rings (SSSR count). The van der Waals surface area contributed by atoms with Gasteiger partial charge in [-0.1, -0.05) is 84.8 Å². The molecule has 0 spiro atoms. The molecule has 0 amide bonds. The average Bonchev–Trinajstić information content (AvgIpc) is 3.30. The highest BCUT2D eigenvalue weighted by atomic mass is 35.5. The number of hydrogen-bond donors (Lipinski definition) is 0. The van der Waals surface area contributed by atoms with Crippen LogP contribution in [0.25, 0.3) is 6.08 Å². The number of carbonyl (C=O) groups excluding carboxylic acids is 1. The van der Waals surface area contributed by atoms with E-state index >= 15 is 0 Å². The molecule has 1 aromatic heterocycles. The molecule has 3 aromatic carbocycles. The number of carbonyl (C=O) groups is 1. The van der Waals surface area contributed by atoms with Crippen molar-refractivity contribution >= 4 is 46.6 Å². The van der Waals surface area contributed by atoms with E-state index in [1.165, 1.54) is 11.3 Å². The Labute approximate surface area is 269 Å². The molecule has 44 heavy (non-hydrogen) atoms. The zero-order valence-electron chi connectivity index (χ0n) is 25.0. The fourth-order valence-corrected chi connectivity index (χ4v) is 6.52. The van der Waals surface area contributed by atoms with E-state index in [0.29, 0.717) is 48.1 Å². The Hall–Kier alpha value is -3.85. The van der Waals surface area contributed by atoms with Crippen LogP contribution in [-0.4, -0.2) is 24.3 Å². The lowest BCUT2D eigenvalue weighted by molar-refractivity contribution is -0.139. The fraction of sp³-hybridized carbons (Fsp3) is 0.265. The SMILES string of the molecule is CCOC(=O)C1=C(C)N=c2s/c(=C\c3ccc(OCc4ccc(Cl)cc4Cl)c(OC)c3)c(=O)n2[C@@H]1c1ccc(C(C)C)cc1. The van der Waals surface area contributed by atoms with Crippen LogP contribution in [0.15, 0.2) is 81.7 Å². The van der Waals surface area contributed by atoms with E-state index in [2.05, 4.69) is 18.8 Å². The molecule has 10 heteroatoms. The molecule has 0 unspecified atom stereocenters. The summed E-state index contributed by atoms with van der Waals surface area (Å²) in [6, 6.07) is 18.0. The van der Waals surface area contributed by atoms with E-state index in [1.807, 2.05) is 36.4 Å². The van der Waals surface area contributed by atoms with Gasteiger partial charge in [0.25, 0.3) is 5.56 Å². The minimum Gasteiger partial charge on any atom is -0.493 e. The van der Waals surface area contributed by atoms with E-state index in [4.69, 9.17) is 37.4 Å². The van der Waals surface area contributed by atoms with Gasteiger partial charge in [0.15, 0.2) is 16.3 Å². The van der Waals surface area contributed by atoms with Crippen molar-refractivity contribution in [1.82, 2.24) is 4.57 Å². The molecule has 0 fully saturated rings. The summed E-state index contributed by atoms with van der Waals surface area (Å²) in [5.74, 6) is 0.884. The van der Waals surface area contributed by atoms with Crippen LogP contribution < -0.4 is 24.4 Å². The molecule has 2 heterocycles. The van der Waals surface area contributed by atoms with E-state index in [9.17, 15) is 9.59 Å². The topological polar surface area (TPSA) is 79.1 Å². The molecule has 0 saturated heterocycles.